The van der Waals surface area contributed by atoms with Gasteiger partial charge in [-0.05, 0) is 60.3 Å². The summed E-state index contributed by atoms with van der Waals surface area (Å²) in [5.74, 6) is -0.745. The van der Waals surface area contributed by atoms with Crippen molar-refractivity contribution in [2.24, 2.45) is 34.3 Å². The molecule has 4 aliphatic carbocycles. The summed E-state index contributed by atoms with van der Waals surface area (Å²) in [4.78, 5) is 15.9. The normalized spacial score (nSPS) is 42.6. The molecule has 0 aromatic heterocycles. The van der Waals surface area contributed by atoms with Crippen LogP contribution in [0, 0.1) is 28.6 Å². The molecule has 1 aromatic rings. The van der Waals surface area contributed by atoms with Crippen molar-refractivity contribution < 1.29 is 13.6 Å². The highest BCUT2D eigenvalue weighted by atomic mass is 19.3. The molecule has 4 saturated carbocycles. The summed E-state index contributed by atoms with van der Waals surface area (Å²) in [7, 11) is 0. The number of amides is 1. The Hall–Kier alpha value is -1.49. The van der Waals surface area contributed by atoms with Crippen molar-refractivity contribution in [2.75, 3.05) is 13.1 Å². The molecule has 0 spiro atoms. The van der Waals surface area contributed by atoms with E-state index in [1.807, 2.05) is 23.1 Å². The Morgan fingerprint density at radius 1 is 1.17 bits per heavy atom. The Kier molecular flexibility index (Phi) is 4.20. The lowest BCUT2D eigenvalue weighted by atomic mass is 9.62. The van der Waals surface area contributed by atoms with E-state index in [2.05, 4.69) is 26.0 Å². The number of piperidine rings is 1. The summed E-state index contributed by atoms with van der Waals surface area (Å²) in [6.45, 7) is 5.50. The average molecular weight is 403 g/mol. The second-order valence-electron chi connectivity index (χ2n) is 11.0. The minimum Gasteiger partial charge on any atom is -0.342 e. The van der Waals surface area contributed by atoms with Gasteiger partial charge in [0, 0.05) is 25.0 Å². The molecule has 29 heavy (non-hydrogen) atoms. The maximum absolute atomic E-state index is 14.1. The van der Waals surface area contributed by atoms with Crippen LogP contribution in [0.25, 0.3) is 0 Å². The van der Waals surface area contributed by atoms with E-state index in [1.165, 1.54) is 5.56 Å². The van der Waals surface area contributed by atoms with Gasteiger partial charge in [0.1, 0.15) is 0 Å². The van der Waals surface area contributed by atoms with E-state index >= 15 is 0 Å². The fourth-order valence-corrected chi connectivity index (χ4v) is 7.64. The molecule has 158 valence electrons. The molecule has 1 saturated heterocycles. The van der Waals surface area contributed by atoms with Crippen LogP contribution in [0.2, 0.25) is 0 Å². The van der Waals surface area contributed by atoms with Crippen molar-refractivity contribution in [2.45, 2.75) is 63.8 Å². The standard InChI is InChI=1S/C24H32F2N2O/c1-22(2)14-28(9-8-18(22)27)21(29)24-11-15-10-23(13-24,16-6-4-3-5-7-16)12-17(24)19(15)20(25)26/h3-7,15,17-20H,8-14,27H2,1-2H3/t15?,17?,18-,19?,23?,24?/m0/s1. The summed E-state index contributed by atoms with van der Waals surface area (Å²) < 4.78 is 28.2. The number of nitrogens with two attached hydrogens (primary N) is 1. The van der Waals surface area contributed by atoms with Crippen LogP contribution in [0.15, 0.2) is 30.3 Å². The molecular formula is C24H32F2N2O. The van der Waals surface area contributed by atoms with E-state index in [-0.39, 0.29) is 34.6 Å². The molecule has 5 heteroatoms. The smallest absolute Gasteiger partial charge is 0.242 e. The van der Waals surface area contributed by atoms with Gasteiger partial charge in [0.25, 0.3) is 0 Å². The van der Waals surface area contributed by atoms with Gasteiger partial charge >= 0.3 is 0 Å². The maximum Gasteiger partial charge on any atom is 0.242 e. The third-order valence-corrected chi connectivity index (χ3v) is 8.96. The molecular weight excluding hydrogens is 370 g/mol. The molecule has 5 unspecified atom stereocenters. The number of alkyl halides is 2. The van der Waals surface area contributed by atoms with Crippen LogP contribution in [0.4, 0.5) is 8.78 Å². The Bertz CT molecular complexity index is 812. The quantitative estimate of drug-likeness (QED) is 0.823. The molecule has 6 atom stereocenters. The molecule has 1 aromatic carbocycles. The molecule has 6 rings (SSSR count). The molecule has 5 aliphatic rings. The van der Waals surface area contributed by atoms with Crippen LogP contribution in [0.5, 0.6) is 0 Å². The van der Waals surface area contributed by atoms with Crippen molar-refractivity contribution in [3.05, 3.63) is 35.9 Å². The van der Waals surface area contributed by atoms with Gasteiger partial charge in [0.05, 0.1) is 5.41 Å². The van der Waals surface area contributed by atoms with Crippen LogP contribution in [-0.2, 0) is 10.2 Å². The number of hydrogen-bond acceptors (Lipinski definition) is 2. The number of carbonyl (C=O) groups excluding carboxylic acids is 1. The predicted molar refractivity (Wildman–Crippen MR) is 108 cm³/mol. The summed E-state index contributed by atoms with van der Waals surface area (Å²) in [6, 6.07) is 10.4. The third kappa shape index (κ3) is 2.65. The summed E-state index contributed by atoms with van der Waals surface area (Å²) in [6.07, 6.45) is 1.35. The molecule has 3 nitrogen and oxygen atoms in total. The molecule has 1 amide bonds. The van der Waals surface area contributed by atoms with Crippen LogP contribution in [0.3, 0.4) is 0 Å². The zero-order valence-electron chi connectivity index (χ0n) is 17.4. The lowest BCUT2D eigenvalue weighted by Crippen LogP contribution is -2.57. The first-order chi connectivity index (χ1) is 13.7. The Balaban J connectivity index is 1.51. The zero-order valence-corrected chi connectivity index (χ0v) is 17.4. The van der Waals surface area contributed by atoms with E-state index in [1.54, 1.807) is 0 Å². The monoisotopic (exact) mass is 402 g/mol. The molecule has 1 aliphatic heterocycles. The van der Waals surface area contributed by atoms with Gasteiger partial charge in [-0.25, -0.2) is 8.78 Å². The summed E-state index contributed by atoms with van der Waals surface area (Å²) in [5, 5.41) is 0. The first kappa shape index (κ1) is 19.5. The number of nitrogens with zero attached hydrogens (tertiary/aromatic N) is 1. The minimum absolute atomic E-state index is 0.0493. The molecule has 1 heterocycles. The van der Waals surface area contributed by atoms with Gasteiger partial charge in [-0.2, -0.15) is 0 Å². The van der Waals surface area contributed by atoms with Gasteiger partial charge in [0.2, 0.25) is 12.3 Å². The van der Waals surface area contributed by atoms with Gasteiger partial charge in [0.15, 0.2) is 0 Å². The van der Waals surface area contributed by atoms with E-state index in [0.29, 0.717) is 19.5 Å². The van der Waals surface area contributed by atoms with Crippen molar-refractivity contribution in [1.82, 2.24) is 4.90 Å². The third-order valence-electron chi connectivity index (χ3n) is 8.96. The van der Waals surface area contributed by atoms with Crippen molar-refractivity contribution in [3.63, 3.8) is 0 Å². The van der Waals surface area contributed by atoms with Gasteiger partial charge in [-0.3, -0.25) is 4.79 Å². The molecule has 2 N–H and O–H groups in total. The van der Waals surface area contributed by atoms with Gasteiger partial charge < -0.3 is 10.6 Å². The number of hydrogen-bond donors (Lipinski definition) is 1. The Morgan fingerprint density at radius 2 is 1.90 bits per heavy atom. The van der Waals surface area contributed by atoms with E-state index < -0.39 is 17.8 Å². The van der Waals surface area contributed by atoms with Gasteiger partial charge in [-0.15, -0.1) is 0 Å². The van der Waals surface area contributed by atoms with E-state index in [0.717, 1.165) is 25.7 Å². The van der Waals surface area contributed by atoms with Gasteiger partial charge in [-0.1, -0.05) is 44.2 Å². The fraction of sp³-hybridized carbons (Fsp3) is 0.708. The predicted octanol–water partition coefficient (Wildman–Crippen LogP) is 4.21. The van der Waals surface area contributed by atoms with Crippen LogP contribution < -0.4 is 5.73 Å². The average Bonchev–Trinajstić information content (AvgIpc) is 3.06. The number of carbonyl (C=O) groups is 1. The largest absolute Gasteiger partial charge is 0.342 e. The van der Waals surface area contributed by atoms with Crippen LogP contribution in [-0.4, -0.2) is 36.4 Å². The second-order valence-corrected chi connectivity index (χ2v) is 11.0. The van der Waals surface area contributed by atoms with Crippen molar-refractivity contribution in [3.8, 4) is 0 Å². The van der Waals surface area contributed by atoms with Crippen LogP contribution in [0.1, 0.15) is 51.5 Å². The second kappa shape index (κ2) is 6.26. The van der Waals surface area contributed by atoms with E-state index in [9.17, 15) is 13.6 Å². The number of likely N-dealkylation sites (tertiary alicyclic amines) is 1. The Labute approximate surface area is 172 Å². The summed E-state index contributed by atoms with van der Waals surface area (Å²) in [5.41, 5.74) is 6.65. The highest BCUT2D eigenvalue weighted by Crippen LogP contribution is 2.74. The molecule has 4 bridgehead atoms. The van der Waals surface area contributed by atoms with Crippen LogP contribution >= 0.6 is 0 Å². The SMILES string of the molecule is CC1(C)CN(C(=O)C23CC4CC(c5ccccc5)(CC2C4C(F)F)C3)CC[C@@H]1N. The molecule has 0 radical (unpaired) electrons. The zero-order chi connectivity index (χ0) is 20.6. The first-order valence-corrected chi connectivity index (χ1v) is 11.1. The summed E-state index contributed by atoms with van der Waals surface area (Å²) >= 11 is 0. The number of benzene rings is 1. The number of rotatable bonds is 3. The number of halogens is 2. The van der Waals surface area contributed by atoms with E-state index in [4.69, 9.17) is 5.73 Å². The topological polar surface area (TPSA) is 46.3 Å². The highest BCUT2D eigenvalue weighted by Gasteiger charge is 2.72. The fourth-order valence-electron chi connectivity index (χ4n) is 7.64. The van der Waals surface area contributed by atoms with Crippen molar-refractivity contribution in [1.29, 1.82) is 0 Å². The highest BCUT2D eigenvalue weighted by molar-refractivity contribution is 5.85. The van der Waals surface area contributed by atoms with Crippen molar-refractivity contribution >= 4 is 5.91 Å². The maximum atomic E-state index is 14.1. The lowest BCUT2D eigenvalue weighted by molar-refractivity contribution is -0.148. The Morgan fingerprint density at radius 3 is 2.55 bits per heavy atom. The first-order valence-electron chi connectivity index (χ1n) is 11.1. The lowest BCUT2D eigenvalue weighted by Gasteiger charge is -2.47. The molecule has 5 fully saturated rings. The minimum atomic E-state index is -2.34.